The first-order valence-electron chi connectivity index (χ1n) is 16.3. The molecule has 0 aliphatic carbocycles. The van der Waals surface area contributed by atoms with Gasteiger partial charge in [-0.25, -0.2) is 19.0 Å². The summed E-state index contributed by atoms with van der Waals surface area (Å²) < 4.78 is 25.3. The molecule has 3 aromatic rings. The maximum atomic E-state index is 13.8. The lowest BCUT2D eigenvalue weighted by Gasteiger charge is -2.29. The van der Waals surface area contributed by atoms with Gasteiger partial charge in [-0.15, -0.1) is 12.4 Å². The normalized spacial score (nSPS) is 14.2. The van der Waals surface area contributed by atoms with Crippen molar-refractivity contribution < 1.29 is 38.1 Å². The number of benzene rings is 1. The molecule has 49 heavy (non-hydrogen) atoms. The van der Waals surface area contributed by atoms with E-state index in [0.29, 0.717) is 48.3 Å². The van der Waals surface area contributed by atoms with Crippen molar-refractivity contribution in [2.24, 2.45) is 7.05 Å². The Balaban J connectivity index is 0.00000650. The SMILES string of the molecule is Cl.Cn1nc(C(=O)CCCN2CCOCC2)cc1-c1cc2c(N(C(=O)OC(C)(C)C)C(=O)OC(C)(C)C)cccc2n1C(=O)OC(C)(C)C. The molecule has 270 valence electrons. The number of aromatic nitrogens is 3. The fraction of sp³-hybridized carbons (Fsp3) is 0.571. The zero-order valence-corrected chi connectivity index (χ0v) is 31.1. The molecule has 13 nitrogen and oxygen atoms in total. The third kappa shape index (κ3) is 10.3. The first kappa shape index (κ1) is 39.5. The lowest BCUT2D eigenvalue weighted by molar-refractivity contribution is 0.0371. The van der Waals surface area contributed by atoms with Crippen molar-refractivity contribution in [1.82, 2.24) is 19.2 Å². The molecule has 1 saturated heterocycles. The zero-order valence-electron chi connectivity index (χ0n) is 30.2. The van der Waals surface area contributed by atoms with Gasteiger partial charge < -0.3 is 18.9 Å². The van der Waals surface area contributed by atoms with E-state index in [1.165, 1.54) is 9.25 Å². The van der Waals surface area contributed by atoms with E-state index in [1.807, 2.05) is 0 Å². The predicted molar refractivity (Wildman–Crippen MR) is 189 cm³/mol. The van der Waals surface area contributed by atoms with Gasteiger partial charge in [-0.05, 0) is 99.5 Å². The number of imide groups is 1. The number of aryl methyl sites for hydroxylation is 1. The molecule has 1 aliphatic heterocycles. The average molecular weight is 704 g/mol. The van der Waals surface area contributed by atoms with E-state index in [4.69, 9.17) is 18.9 Å². The maximum absolute atomic E-state index is 13.8. The number of Topliss-reactive ketones (excluding diaryl/α,β-unsaturated/α-hetero) is 1. The first-order chi connectivity index (χ1) is 22.2. The molecule has 0 spiro atoms. The predicted octanol–water partition coefficient (Wildman–Crippen LogP) is 7.22. The molecule has 0 bridgehead atoms. The average Bonchev–Trinajstić information content (AvgIpc) is 3.52. The van der Waals surface area contributed by atoms with Crippen LogP contribution in [0.5, 0.6) is 0 Å². The van der Waals surface area contributed by atoms with Crippen LogP contribution < -0.4 is 4.90 Å². The number of ketones is 1. The molecule has 0 radical (unpaired) electrons. The van der Waals surface area contributed by atoms with Crippen LogP contribution in [0.2, 0.25) is 0 Å². The number of rotatable bonds is 7. The Morgan fingerprint density at radius 3 is 1.96 bits per heavy atom. The second kappa shape index (κ2) is 15.3. The van der Waals surface area contributed by atoms with E-state index >= 15 is 0 Å². The monoisotopic (exact) mass is 703 g/mol. The molecule has 2 amide bonds. The quantitative estimate of drug-likeness (QED) is 0.183. The van der Waals surface area contributed by atoms with E-state index in [9.17, 15) is 19.2 Å². The first-order valence-corrected chi connectivity index (χ1v) is 16.3. The van der Waals surface area contributed by atoms with Gasteiger partial charge in [0.15, 0.2) is 5.78 Å². The van der Waals surface area contributed by atoms with Crippen molar-refractivity contribution in [3.63, 3.8) is 0 Å². The minimum absolute atomic E-state index is 0. The van der Waals surface area contributed by atoms with E-state index in [2.05, 4.69) is 10.00 Å². The second-order valence-electron chi connectivity index (χ2n) is 14.9. The van der Waals surface area contributed by atoms with Crippen molar-refractivity contribution in [2.75, 3.05) is 37.7 Å². The van der Waals surface area contributed by atoms with Gasteiger partial charge in [-0.1, -0.05) is 6.07 Å². The van der Waals surface area contributed by atoms with E-state index in [-0.39, 0.29) is 29.6 Å². The molecule has 0 atom stereocenters. The van der Waals surface area contributed by atoms with Crippen molar-refractivity contribution >= 4 is 53.1 Å². The Bertz CT molecular complexity index is 1640. The van der Waals surface area contributed by atoms with Gasteiger partial charge >= 0.3 is 18.3 Å². The summed E-state index contributed by atoms with van der Waals surface area (Å²) in [6.45, 7) is 19.3. The number of hydrogen-bond acceptors (Lipinski definition) is 10. The summed E-state index contributed by atoms with van der Waals surface area (Å²) in [5.41, 5.74) is -1.11. The molecular weight excluding hydrogens is 654 g/mol. The summed E-state index contributed by atoms with van der Waals surface area (Å²) in [5.74, 6) is -0.119. The smallest absolute Gasteiger partial charge is 0.424 e. The summed E-state index contributed by atoms with van der Waals surface area (Å²) in [6, 6.07) is 8.19. The van der Waals surface area contributed by atoms with Crippen LogP contribution in [-0.2, 0) is 26.0 Å². The molecule has 0 unspecified atom stereocenters. The third-order valence-electron chi connectivity index (χ3n) is 7.20. The van der Waals surface area contributed by atoms with Crippen LogP contribution in [0.1, 0.15) is 85.6 Å². The largest absolute Gasteiger partial charge is 0.443 e. The molecular formula is C35H50ClN5O8. The molecule has 1 aliphatic rings. The lowest BCUT2D eigenvalue weighted by Crippen LogP contribution is -2.43. The Hall–Kier alpha value is -3.94. The van der Waals surface area contributed by atoms with Gasteiger partial charge in [0.05, 0.1) is 35.8 Å². The number of nitrogens with zero attached hydrogens (tertiary/aromatic N) is 5. The second-order valence-corrected chi connectivity index (χ2v) is 14.9. The molecule has 0 saturated carbocycles. The fourth-order valence-electron chi connectivity index (χ4n) is 5.25. The van der Waals surface area contributed by atoms with Gasteiger partial charge in [0.25, 0.3) is 0 Å². The number of carbonyl (C=O) groups excluding carboxylic acids is 4. The van der Waals surface area contributed by atoms with E-state index in [1.54, 1.807) is 99.7 Å². The van der Waals surface area contributed by atoms with Crippen LogP contribution in [0.4, 0.5) is 20.1 Å². The van der Waals surface area contributed by atoms with Crippen molar-refractivity contribution in [2.45, 2.75) is 92.0 Å². The number of amides is 2. The molecule has 4 rings (SSSR count). The van der Waals surface area contributed by atoms with Crippen LogP contribution in [0, 0.1) is 0 Å². The molecule has 0 N–H and O–H groups in total. The number of anilines is 1. The lowest BCUT2D eigenvalue weighted by atomic mass is 10.1. The molecule has 14 heteroatoms. The maximum Gasteiger partial charge on any atom is 0.424 e. The highest BCUT2D eigenvalue weighted by molar-refractivity contribution is 6.16. The highest BCUT2D eigenvalue weighted by atomic mass is 35.5. The number of hydrogen-bond donors (Lipinski definition) is 0. The minimum atomic E-state index is -0.943. The Kier molecular flexibility index (Phi) is 12.3. The number of halogens is 1. The van der Waals surface area contributed by atoms with Gasteiger partial charge in [0.1, 0.15) is 22.5 Å². The zero-order chi connectivity index (χ0) is 35.6. The van der Waals surface area contributed by atoms with Crippen molar-refractivity contribution in [3.8, 4) is 11.4 Å². The molecule has 1 fully saturated rings. The standard InChI is InChI=1S/C35H49N5O8.ClH/c1-33(2,3)46-30(42)39-25-13-11-14-26(40(31(43)47-34(4,5)6)32(44)48-35(7,8)9)23(25)21-28(39)27-22-24(36-37(27)10)29(41)15-12-16-38-17-19-45-20-18-38;/h11,13-14,21-22H,12,15-20H2,1-10H3;1H. The van der Waals surface area contributed by atoms with Crippen molar-refractivity contribution in [3.05, 3.63) is 36.0 Å². The summed E-state index contributed by atoms with van der Waals surface area (Å²) in [5, 5.41) is 4.87. The van der Waals surface area contributed by atoms with Crippen LogP contribution in [0.3, 0.4) is 0 Å². The van der Waals surface area contributed by atoms with Gasteiger partial charge in [-0.3, -0.25) is 14.4 Å². The number of ether oxygens (including phenoxy) is 4. The van der Waals surface area contributed by atoms with Crippen LogP contribution in [0.15, 0.2) is 30.3 Å². The number of morpholine rings is 1. The van der Waals surface area contributed by atoms with Gasteiger partial charge in [0, 0.05) is 31.9 Å². The molecule has 2 aromatic heterocycles. The summed E-state index contributed by atoms with van der Waals surface area (Å²) >= 11 is 0. The fourth-order valence-corrected chi connectivity index (χ4v) is 5.25. The van der Waals surface area contributed by atoms with Crippen LogP contribution in [-0.4, -0.2) is 93.0 Å². The van der Waals surface area contributed by atoms with E-state index < -0.39 is 35.1 Å². The minimum Gasteiger partial charge on any atom is -0.443 e. The van der Waals surface area contributed by atoms with Crippen LogP contribution in [0.25, 0.3) is 22.3 Å². The number of fused-ring (bicyclic) bond motifs is 1. The topological polar surface area (TPSA) is 134 Å². The number of carbonyl (C=O) groups is 4. The van der Waals surface area contributed by atoms with Crippen molar-refractivity contribution in [1.29, 1.82) is 0 Å². The molecule has 1 aromatic carbocycles. The highest BCUT2D eigenvalue weighted by Crippen LogP contribution is 2.36. The summed E-state index contributed by atoms with van der Waals surface area (Å²) in [7, 11) is 1.69. The van der Waals surface area contributed by atoms with Gasteiger partial charge in [-0.2, -0.15) is 10.00 Å². The summed E-state index contributed by atoms with van der Waals surface area (Å²) in [6.07, 6.45) is -1.58. The van der Waals surface area contributed by atoms with E-state index in [0.717, 1.165) is 24.5 Å². The Morgan fingerprint density at radius 1 is 0.837 bits per heavy atom. The highest BCUT2D eigenvalue weighted by Gasteiger charge is 2.35. The Labute approximate surface area is 294 Å². The Morgan fingerprint density at radius 2 is 1.41 bits per heavy atom. The van der Waals surface area contributed by atoms with Crippen LogP contribution >= 0.6 is 12.4 Å². The third-order valence-corrected chi connectivity index (χ3v) is 7.20. The molecule has 3 heterocycles. The van der Waals surface area contributed by atoms with Gasteiger partial charge in [0.2, 0.25) is 0 Å². The summed E-state index contributed by atoms with van der Waals surface area (Å²) in [4.78, 5) is 57.3.